The number of benzene rings is 1. The van der Waals surface area contributed by atoms with Gasteiger partial charge in [-0.05, 0) is 37.0 Å². The van der Waals surface area contributed by atoms with E-state index in [-0.39, 0.29) is 0 Å². The quantitative estimate of drug-likeness (QED) is 0.806. The lowest BCUT2D eigenvalue weighted by Crippen LogP contribution is -2.28. The minimum Gasteiger partial charge on any atom is -0.480 e. The first-order valence-corrected chi connectivity index (χ1v) is 6.12. The van der Waals surface area contributed by atoms with Crippen LogP contribution >= 0.6 is 0 Å². The van der Waals surface area contributed by atoms with E-state index in [1.165, 1.54) is 0 Å². The van der Waals surface area contributed by atoms with E-state index in [1.54, 1.807) is 0 Å². The molecule has 2 aromatic rings. The van der Waals surface area contributed by atoms with Gasteiger partial charge in [-0.25, -0.2) is 9.78 Å². The molecular formula is C14H14N2O2. The summed E-state index contributed by atoms with van der Waals surface area (Å²) < 4.78 is 0. The normalized spacial score (nSPS) is 18.8. The summed E-state index contributed by atoms with van der Waals surface area (Å²) in [6, 6.07) is 9.47. The Morgan fingerprint density at radius 3 is 3.06 bits per heavy atom. The van der Waals surface area contributed by atoms with Crippen LogP contribution in [0, 0.1) is 0 Å². The van der Waals surface area contributed by atoms with Crippen molar-refractivity contribution in [3.63, 3.8) is 0 Å². The number of aromatic nitrogens is 1. The van der Waals surface area contributed by atoms with Gasteiger partial charge in [0.05, 0.1) is 5.52 Å². The highest BCUT2D eigenvalue weighted by Crippen LogP contribution is 2.26. The largest absolute Gasteiger partial charge is 0.480 e. The van der Waals surface area contributed by atoms with Crippen LogP contribution in [0.3, 0.4) is 0 Å². The first-order valence-electron chi connectivity index (χ1n) is 6.12. The molecule has 2 N–H and O–H groups in total. The summed E-state index contributed by atoms with van der Waals surface area (Å²) in [5.41, 5.74) is 2.01. The third-order valence-corrected chi connectivity index (χ3v) is 3.35. The van der Waals surface area contributed by atoms with Gasteiger partial charge in [-0.1, -0.05) is 18.2 Å². The third-order valence-electron chi connectivity index (χ3n) is 3.35. The topological polar surface area (TPSA) is 62.2 Å². The highest BCUT2D eigenvalue weighted by Gasteiger charge is 2.22. The predicted octanol–water partition coefficient (Wildman–Crippen LogP) is 2.44. The molecule has 0 fully saturated rings. The van der Waals surface area contributed by atoms with Gasteiger partial charge in [-0.2, -0.15) is 0 Å². The van der Waals surface area contributed by atoms with E-state index in [0.29, 0.717) is 6.42 Å². The van der Waals surface area contributed by atoms with Crippen LogP contribution in [-0.2, 0) is 11.2 Å². The van der Waals surface area contributed by atoms with E-state index < -0.39 is 12.0 Å². The lowest BCUT2D eigenvalue weighted by Gasteiger charge is -2.13. The molecule has 3 rings (SSSR count). The van der Waals surface area contributed by atoms with Crippen LogP contribution in [0.15, 0.2) is 30.3 Å². The van der Waals surface area contributed by atoms with Crippen molar-refractivity contribution < 1.29 is 9.90 Å². The second-order valence-electron chi connectivity index (χ2n) is 4.62. The molecule has 1 unspecified atom stereocenters. The first kappa shape index (κ1) is 11.0. The van der Waals surface area contributed by atoms with Gasteiger partial charge in [0, 0.05) is 5.39 Å². The summed E-state index contributed by atoms with van der Waals surface area (Å²) in [5, 5.41) is 13.3. The molecule has 18 heavy (non-hydrogen) atoms. The molecule has 0 saturated heterocycles. The zero-order chi connectivity index (χ0) is 12.5. The standard InChI is InChI=1S/C14H14N2O2/c17-14(18)12-7-3-5-10-8-9-4-1-2-6-11(9)15-13(10)16-12/h1-2,4,6,8,12H,3,5,7H2,(H,15,16)(H,17,18). The maximum atomic E-state index is 11.1. The Balaban J connectivity index is 2.08. The molecule has 1 aromatic carbocycles. The molecule has 1 atom stereocenters. The van der Waals surface area contributed by atoms with Crippen molar-refractivity contribution in [2.45, 2.75) is 25.3 Å². The van der Waals surface area contributed by atoms with Gasteiger partial charge in [-0.15, -0.1) is 0 Å². The van der Waals surface area contributed by atoms with Crippen LogP contribution in [0.2, 0.25) is 0 Å². The van der Waals surface area contributed by atoms with Crippen LogP contribution in [-0.4, -0.2) is 22.1 Å². The lowest BCUT2D eigenvalue weighted by atomic mass is 10.1. The van der Waals surface area contributed by atoms with Crippen LogP contribution < -0.4 is 5.32 Å². The maximum absolute atomic E-state index is 11.1. The average molecular weight is 242 g/mol. The number of nitrogens with zero attached hydrogens (tertiary/aromatic N) is 1. The van der Waals surface area contributed by atoms with Crippen molar-refractivity contribution in [2.24, 2.45) is 0 Å². The fourth-order valence-electron chi connectivity index (χ4n) is 2.39. The van der Waals surface area contributed by atoms with Crippen LogP contribution in [0.5, 0.6) is 0 Å². The Morgan fingerprint density at radius 1 is 1.39 bits per heavy atom. The number of para-hydroxylation sites is 1. The number of pyridine rings is 1. The van der Waals surface area contributed by atoms with E-state index in [9.17, 15) is 4.79 Å². The Kier molecular flexibility index (Phi) is 2.63. The molecular weight excluding hydrogens is 228 g/mol. The Labute approximate surface area is 105 Å². The molecule has 0 saturated carbocycles. The van der Waals surface area contributed by atoms with Crippen molar-refractivity contribution >= 4 is 22.7 Å². The Bertz CT molecular complexity index is 610. The smallest absolute Gasteiger partial charge is 0.326 e. The molecule has 2 heterocycles. The highest BCUT2D eigenvalue weighted by molar-refractivity contribution is 5.83. The van der Waals surface area contributed by atoms with Crippen LogP contribution in [0.25, 0.3) is 10.9 Å². The summed E-state index contributed by atoms with van der Waals surface area (Å²) in [5.74, 6) is -0.0867. The number of carbonyl (C=O) groups is 1. The molecule has 0 radical (unpaired) electrons. The van der Waals surface area contributed by atoms with E-state index in [1.807, 2.05) is 24.3 Å². The molecule has 1 aromatic heterocycles. The number of aryl methyl sites for hydroxylation is 1. The van der Waals surface area contributed by atoms with Crippen molar-refractivity contribution in [1.29, 1.82) is 0 Å². The number of hydrogen-bond donors (Lipinski definition) is 2. The number of fused-ring (bicyclic) bond motifs is 2. The summed E-state index contributed by atoms with van der Waals surface area (Å²) in [4.78, 5) is 15.6. The highest BCUT2D eigenvalue weighted by atomic mass is 16.4. The Hall–Kier alpha value is -2.10. The van der Waals surface area contributed by atoms with E-state index >= 15 is 0 Å². The van der Waals surface area contributed by atoms with Gasteiger partial charge < -0.3 is 10.4 Å². The number of aliphatic carboxylic acids is 1. The van der Waals surface area contributed by atoms with Gasteiger partial charge >= 0.3 is 5.97 Å². The molecule has 92 valence electrons. The minimum absolute atomic E-state index is 0.528. The van der Waals surface area contributed by atoms with Gasteiger partial charge in [0.2, 0.25) is 0 Å². The SMILES string of the molecule is O=C(O)C1CCCc2cc3ccccc3nc2N1. The number of hydrogen-bond acceptors (Lipinski definition) is 3. The molecule has 1 aliphatic heterocycles. The summed E-state index contributed by atoms with van der Waals surface area (Å²) in [6.45, 7) is 0. The van der Waals surface area contributed by atoms with Gasteiger partial charge in [0.1, 0.15) is 11.9 Å². The summed E-state index contributed by atoms with van der Waals surface area (Å²) >= 11 is 0. The van der Waals surface area contributed by atoms with Crippen molar-refractivity contribution in [2.75, 3.05) is 5.32 Å². The predicted molar refractivity (Wildman–Crippen MR) is 69.7 cm³/mol. The molecule has 4 nitrogen and oxygen atoms in total. The summed E-state index contributed by atoms with van der Waals surface area (Å²) in [7, 11) is 0. The number of rotatable bonds is 1. The molecule has 0 spiro atoms. The van der Waals surface area contributed by atoms with E-state index in [0.717, 1.165) is 35.1 Å². The van der Waals surface area contributed by atoms with Gasteiger partial charge in [0.25, 0.3) is 0 Å². The fraction of sp³-hybridized carbons (Fsp3) is 0.286. The first-order chi connectivity index (χ1) is 8.74. The fourth-order valence-corrected chi connectivity index (χ4v) is 2.39. The van der Waals surface area contributed by atoms with E-state index in [4.69, 9.17) is 5.11 Å². The maximum Gasteiger partial charge on any atom is 0.326 e. The van der Waals surface area contributed by atoms with Crippen molar-refractivity contribution in [1.82, 2.24) is 4.98 Å². The number of anilines is 1. The van der Waals surface area contributed by atoms with Crippen LogP contribution in [0.1, 0.15) is 18.4 Å². The van der Waals surface area contributed by atoms with Crippen molar-refractivity contribution in [3.8, 4) is 0 Å². The lowest BCUT2D eigenvalue weighted by molar-refractivity contribution is -0.138. The average Bonchev–Trinajstić information content (AvgIpc) is 2.57. The van der Waals surface area contributed by atoms with Gasteiger partial charge in [-0.3, -0.25) is 0 Å². The third kappa shape index (κ3) is 1.90. The second kappa shape index (κ2) is 4.29. The molecule has 0 amide bonds. The Morgan fingerprint density at radius 2 is 2.22 bits per heavy atom. The second-order valence-corrected chi connectivity index (χ2v) is 4.62. The zero-order valence-electron chi connectivity index (χ0n) is 9.89. The van der Waals surface area contributed by atoms with Crippen LogP contribution in [0.4, 0.5) is 5.82 Å². The summed E-state index contributed by atoms with van der Waals surface area (Å²) in [6.07, 6.45) is 2.39. The number of carboxylic acids is 1. The molecule has 0 aliphatic carbocycles. The van der Waals surface area contributed by atoms with Gasteiger partial charge in [0.15, 0.2) is 0 Å². The monoisotopic (exact) mass is 242 g/mol. The number of nitrogens with one attached hydrogen (secondary N) is 1. The molecule has 4 heteroatoms. The molecule has 0 bridgehead atoms. The number of carboxylic acid groups (broad SMARTS) is 1. The molecule has 1 aliphatic rings. The van der Waals surface area contributed by atoms with E-state index in [2.05, 4.69) is 16.4 Å². The zero-order valence-corrected chi connectivity index (χ0v) is 9.89. The van der Waals surface area contributed by atoms with Crippen molar-refractivity contribution in [3.05, 3.63) is 35.9 Å². The minimum atomic E-state index is -0.808.